The predicted octanol–water partition coefficient (Wildman–Crippen LogP) is 2.84. The van der Waals surface area contributed by atoms with E-state index >= 15 is 0 Å². The van der Waals surface area contributed by atoms with Gasteiger partial charge < -0.3 is 15.4 Å². The molecule has 2 amide bonds. The maximum absolute atomic E-state index is 12.7. The molecule has 0 fully saturated rings. The fourth-order valence-corrected chi connectivity index (χ4v) is 2.96. The van der Waals surface area contributed by atoms with E-state index in [4.69, 9.17) is 4.74 Å². The van der Waals surface area contributed by atoms with Gasteiger partial charge in [0.1, 0.15) is 5.75 Å². The zero-order valence-corrected chi connectivity index (χ0v) is 17.2. The van der Waals surface area contributed by atoms with Gasteiger partial charge in [-0.25, -0.2) is 4.98 Å². The topological polar surface area (TPSA) is 84.7 Å². The van der Waals surface area contributed by atoms with Crippen LogP contribution in [0.5, 0.6) is 5.75 Å². The molecule has 0 saturated heterocycles. The average molecular weight is 394 g/mol. The number of pyridine rings is 1. The highest BCUT2D eigenvalue weighted by atomic mass is 16.5. The summed E-state index contributed by atoms with van der Waals surface area (Å²) in [7, 11) is 1.63. The van der Waals surface area contributed by atoms with Gasteiger partial charge in [-0.05, 0) is 57.0 Å². The Balaban J connectivity index is 1.74. The van der Waals surface area contributed by atoms with E-state index < -0.39 is 5.54 Å². The van der Waals surface area contributed by atoms with Crippen LogP contribution in [-0.4, -0.2) is 40.4 Å². The molecule has 29 heavy (non-hydrogen) atoms. The summed E-state index contributed by atoms with van der Waals surface area (Å²) < 4.78 is 6.79. The van der Waals surface area contributed by atoms with E-state index in [0.29, 0.717) is 18.5 Å². The number of hydrogen-bond donors (Lipinski definition) is 2. The van der Waals surface area contributed by atoms with Crippen LogP contribution in [0.3, 0.4) is 0 Å². The van der Waals surface area contributed by atoms with Gasteiger partial charge in [0.2, 0.25) is 5.82 Å². The minimum atomic E-state index is -0.404. The second kappa shape index (κ2) is 8.34. The highest BCUT2D eigenvalue weighted by Gasteiger charge is 2.23. The van der Waals surface area contributed by atoms with Gasteiger partial charge in [0.15, 0.2) is 5.69 Å². The van der Waals surface area contributed by atoms with Gasteiger partial charge >= 0.3 is 0 Å². The first-order valence-corrected chi connectivity index (χ1v) is 9.49. The van der Waals surface area contributed by atoms with Crippen molar-refractivity contribution in [3.05, 3.63) is 65.7 Å². The number of nitrogens with zero attached hydrogens (tertiary/aromatic N) is 2. The highest BCUT2D eigenvalue weighted by molar-refractivity contribution is 6.02. The van der Waals surface area contributed by atoms with Crippen LogP contribution in [0.25, 0.3) is 5.52 Å². The SMILES string of the molecule is COc1ccc(CCNC(=O)c2nc(C(=O)NC(C)(C)C)n3ccccc23)cc1. The molecule has 0 aliphatic heterocycles. The molecule has 0 aliphatic rings. The van der Waals surface area contributed by atoms with Crippen molar-refractivity contribution in [2.24, 2.45) is 0 Å². The first-order chi connectivity index (χ1) is 13.8. The summed E-state index contributed by atoms with van der Waals surface area (Å²) in [5.74, 6) is 0.354. The summed E-state index contributed by atoms with van der Waals surface area (Å²) in [6.07, 6.45) is 2.41. The Kier molecular flexibility index (Phi) is 5.87. The van der Waals surface area contributed by atoms with Crippen LogP contribution >= 0.6 is 0 Å². The molecule has 3 rings (SSSR count). The number of carbonyl (C=O) groups is 2. The maximum Gasteiger partial charge on any atom is 0.288 e. The highest BCUT2D eigenvalue weighted by Crippen LogP contribution is 2.15. The maximum atomic E-state index is 12.7. The first-order valence-electron chi connectivity index (χ1n) is 9.49. The van der Waals surface area contributed by atoms with Crippen molar-refractivity contribution in [1.29, 1.82) is 0 Å². The first kappa shape index (κ1) is 20.4. The molecular formula is C22H26N4O3. The van der Waals surface area contributed by atoms with Gasteiger partial charge in [-0.3, -0.25) is 14.0 Å². The van der Waals surface area contributed by atoms with Crippen molar-refractivity contribution >= 4 is 17.3 Å². The second-order valence-corrected chi connectivity index (χ2v) is 7.80. The largest absolute Gasteiger partial charge is 0.497 e. The lowest BCUT2D eigenvalue weighted by molar-refractivity contribution is 0.0908. The molecule has 0 bridgehead atoms. The second-order valence-electron chi connectivity index (χ2n) is 7.80. The van der Waals surface area contributed by atoms with Gasteiger partial charge in [-0.2, -0.15) is 0 Å². The van der Waals surface area contributed by atoms with Gasteiger partial charge in [-0.15, -0.1) is 0 Å². The number of carbonyl (C=O) groups excluding carboxylic acids is 2. The molecule has 3 aromatic rings. The molecule has 0 unspecified atom stereocenters. The van der Waals surface area contributed by atoms with Crippen LogP contribution in [0.2, 0.25) is 0 Å². The Bertz CT molecular complexity index is 1020. The molecule has 1 aromatic carbocycles. The molecule has 2 N–H and O–H groups in total. The van der Waals surface area contributed by atoms with Crippen LogP contribution < -0.4 is 15.4 Å². The van der Waals surface area contributed by atoms with E-state index in [2.05, 4.69) is 15.6 Å². The van der Waals surface area contributed by atoms with Crippen LogP contribution in [0.1, 0.15) is 47.4 Å². The molecule has 2 aromatic heterocycles. The van der Waals surface area contributed by atoms with Crippen molar-refractivity contribution in [3.63, 3.8) is 0 Å². The standard InChI is InChI=1S/C22H26N4O3/c1-22(2,3)25-21(28)19-24-18(17-7-5-6-14-26(17)19)20(27)23-13-12-15-8-10-16(29-4)11-9-15/h5-11,14H,12-13H2,1-4H3,(H,23,27)(H,25,28). The van der Waals surface area contributed by atoms with Gasteiger partial charge in [-0.1, -0.05) is 18.2 Å². The number of nitrogens with one attached hydrogen (secondary N) is 2. The molecule has 0 spiro atoms. The van der Waals surface area contributed by atoms with Gasteiger partial charge in [0, 0.05) is 18.3 Å². The van der Waals surface area contributed by atoms with Gasteiger partial charge in [0.05, 0.1) is 12.6 Å². The van der Waals surface area contributed by atoms with E-state index in [1.54, 1.807) is 29.8 Å². The number of fused-ring (bicyclic) bond motifs is 1. The minimum absolute atomic E-state index is 0.191. The van der Waals surface area contributed by atoms with E-state index in [1.807, 2.05) is 51.1 Å². The Morgan fingerprint density at radius 2 is 1.79 bits per heavy atom. The monoisotopic (exact) mass is 394 g/mol. The Hall–Kier alpha value is -3.35. The predicted molar refractivity (Wildman–Crippen MR) is 111 cm³/mol. The third-order valence-electron chi connectivity index (χ3n) is 4.31. The lowest BCUT2D eigenvalue weighted by Crippen LogP contribution is -2.41. The summed E-state index contributed by atoms with van der Waals surface area (Å²) >= 11 is 0. The zero-order chi connectivity index (χ0) is 21.0. The van der Waals surface area contributed by atoms with E-state index in [1.165, 1.54) is 0 Å². The Morgan fingerprint density at radius 3 is 2.45 bits per heavy atom. The van der Waals surface area contributed by atoms with Crippen LogP contribution in [-0.2, 0) is 6.42 Å². The number of hydrogen-bond acceptors (Lipinski definition) is 4. The van der Waals surface area contributed by atoms with Crippen LogP contribution in [0.15, 0.2) is 48.7 Å². The average Bonchev–Trinajstić information content (AvgIpc) is 3.07. The van der Waals surface area contributed by atoms with E-state index in [-0.39, 0.29) is 23.3 Å². The molecule has 2 heterocycles. The third kappa shape index (κ3) is 4.93. The van der Waals surface area contributed by atoms with Crippen molar-refractivity contribution in [2.45, 2.75) is 32.7 Å². The van der Waals surface area contributed by atoms with E-state index in [0.717, 1.165) is 11.3 Å². The number of ether oxygens (including phenoxy) is 1. The summed E-state index contributed by atoms with van der Waals surface area (Å²) in [5.41, 5.74) is 1.51. The summed E-state index contributed by atoms with van der Waals surface area (Å²) in [4.78, 5) is 29.7. The molecule has 0 saturated carbocycles. The van der Waals surface area contributed by atoms with Crippen LogP contribution in [0, 0.1) is 0 Å². The fourth-order valence-electron chi connectivity index (χ4n) is 2.96. The number of amides is 2. The molecular weight excluding hydrogens is 368 g/mol. The zero-order valence-electron chi connectivity index (χ0n) is 17.2. The summed E-state index contributed by atoms with van der Waals surface area (Å²) in [5, 5.41) is 5.78. The van der Waals surface area contributed by atoms with Crippen LogP contribution in [0.4, 0.5) is 0 Å². The number of methoxy groups -OCH3 is 1. The lowest BCUT2D eigenvalue weighted by Gasteiger charge is -2.19. The van der Waals surface area contributed by atoms with E-state index in [9.17, 15) is 9.59 Å². The number of imidazole rings is 1. The Labute approximate surface area is 170 Å². The number of rotatable bonds is 6. The minimum Gasteiger partial charge on any atom is -0.497 e. The molecule has 7 heteroatoms. The number of aromatic nitrogens is 2. The molecule has 7 nitrogen and oxygen atoms in total. The summed E-state index contributed by atoms with van der Waals surface area (Å²) in [6, 6.07) is 13.1. The fraction of sp³-hybridized carbons (Fsp3) is 0.318. The summed E-state index contributed by atoms with van der Waals surface area (Å²) in [6.45, 7) is 6.15. The molecule has 0 radical (unpaired) electrons. The van der Waals surface area contributed by atoms with Crippen molar-refractivity contribution < 1.29 is 14.3 Å². The van der Waals surface area contributed by atoms with Crippen molar-refractivity contribution in [1.82, 2.24) is 20.0 Å². The molecule has 0 aliphatic carbocycles. The molecule has 152 valence electrons. The van der Waals surface area contributed by atoms with Crippen molar-refractivity contribution in [2.75, 3.05) is 13.7 Å². The third-order valence-corrected chi connectivity index (χ3v) is 4.31. The Morgan fingerprint density at radius 1 is 1.07 bits per heavy atom. The molecule has 0 atom stereocenters. The normalized spacial score (nSPS) is 11.3. The quantitative estimate of drug-likeness (QED) is 0.673. The lowest BCUT2D eigenvalue weighted by atomic mass is 10.1. The number of benzene rings is 1. The smallest absolute Gasteiger partial charge is 0.288 e. The van der Waals surface area contributed by atoms with Gasteiger partial charge in [0.25, 0.3) is 11.8 Å². The van der Waals surface area contributed by atoms with Crippen molar-refractivity contribution in [3.8, 4) is 5.75 Å².